The molecule has 0 saturated carbocycles. The number of rotatable bonds is 6. The number of hydrogen-bond donors (Lipinski definition) is 0. The first kappa shape index (κ1) is 12.8. The smallest absolute Gasteiger partial charge is 0.247 e. The second-order valence-corrected chi connectivity index (χ2v) is 3.90. The highest BCUT2D eigenvalue weighted by Gasteiger charge is 2.06. The Morgan fingerprint density at radius 3 is 2.12 bits per heavy atom. The fraction of sp³-hybridized carbons (Fsp3) is 0.462. The Morgan fingerprint density at radius 1 is 1.12 bits per heavy atom. The quantitative estimate of drug-likeness (QED) is 0.675. The molecule has 0 bridgehead atoms. The molecule has 0 amide bonds. The molecule has 0 aliphatic rings. The molecule has 1 aromatic rings. The van der Waals surface area contributed by atoms with Crippen LogP contribution in [0.5, 0.6) is 0 Å². The van der Waals surface area contributed by atoms with Crippen LogP contribution in [0, 0.1) is 11.3 Å². The maximum Gasteiger partial charge on any atom is 0.247 e. The highest BCUT2D eigenvalue weighted by atomic mass is 15.0. The van der Waals surface area contributed by atoms with Gasteiger partial charge in [-0.25, -0.2) is 0 Å². The van der Waals surface area contributed by atoms with Gasteiger partial charge in [-0.15, -0.1) is 0 Å². The topological polar surface area (TPSA) is 27.0 Å². The summed E-state index contributed by atoms with van der Waals surface area (Å²) in [5.74, 6) is 0. The van der Waals surface area contributed by atoms with Crippen molar-refractivity contribution in [2.75, 3.05) is 13.1 Å². The lowest BCUT2D eigenvalue weighted by atomic mass is 9.79. The van der Waals surface area contributed by atoms with Crippen LogP contribution in [0.1, 0.15) is 32.3 Å². The first-order valence-corrected chi connectivity index (χ1v) is 5.89. The first-order chi connectivity index (χ1) is 7.80. The summed E-state index contributed by atoms with van der Waals surface area (Å²) in [5, 5.41) is 8.71. The molecular weight excluding hydrogens is 195 g/mol. The van der Waals surface area contributed by atoms with E-state index in [4.69, 9.17) is 5.26 Å². The molecule has 0 N–H and O–H groups in total. The van der Waals surface area contributed by atoms with Gasteiger partial charge in [0.1, 0.15) is 0 Å². The summed E-state index contributed by atoms with van der Waals surface area (Å²) in [7, 11) is 2.17. The number of hydrogen-bond acceptors (Lipinski definition) is 2. The van der Waals surface area contributed by atoms with Gasteiger partial charge in [0.2, 0.25) is 7.41 Å². The van der Waals surface area contributed by atoms with Gasteiger partial charge in [0.15, 0.2) is 0 Å². The van der Waals surface area contributed by atoms with Crippen molar-refractivity contribution in [3.63, 3.8) is 0 Å². The van der Waals surface area contributed by atoms with Crippen LogP contribution in [0.3, 0.4) is 0 Å². The molecule has 3 heteroatoms. The maximum atomic E-state index is 8.71. The second-order valence-electron chi connectivity index (χ2n) is 3.90. The van der Waals surface area contributed by atoms with Gasteiger partial charge in [0.25, 0.3) is 0 Å². The van der Waals surface area contributed by atoms with Crippen LogP contribution in [0.25, 0.3) is 0 Å². The molecule has 1 radical (unpaired) electrons. The molecular formula is C13H18BN2. The molecule has 0 heterocycles. The molecule has 16 heavy (non-hydrogen) atoms. The van der Waals surface area contributed by atoms with Crippen LogP contribution in [0.15, 0.2) is 24.3 Å². The minimum atomic E-state index is 0.717. The highest BCUT2D eigenvalue weighted by molar-refractivity contribution is 6.50. The molecule has 0 unspecified atom stereocenters. The van der Waals surface area contributed by atoms with Crippen LogP contribution in [-0.4, -0.2) is 25.3 Å². The largest absolute Gasteiger partial charge is 0.342 e. The Morgan fingerprint density at radius 2 is 1.69 bits per heavy atom. The Balaban J connectivity index is 2.59. The second kappa shape index (κ2) is 7.08. The zero-order valence-corrected chi connectivity index (χ0v) is 10.1. The summed E-state index contributed by atoms with van der Waals surface area (Å²) in [6.07, 6.45) is 2.32. The van der Waals surface area contributed by atoms with Crippen molar-refractivity contribution < 1.29 is 0 Å². The fourth-order valence-corrected chi connectivity index (χ4v) is 1.67. The summed E-state index contributed by atoms with van der Waals surface area (Å²) in [6, 6.07) is 9.85. The van der Waals surface area contributed by atoms with Gasteiger partial charge < -0.3 is 4.81 Å². The van der Waals surface area contributed by atoms with E-state index in [1.165, 1.54) is 5.46 Å². The lowest BCUT2D eigenvalue weighted by Crippen LogP contribution is -2.37. The van der Waals surface area contributed by atoms with Crippen molar-refractivity contribution in [1.82, 2.24) is 4.81 Å². The Hall–Kier alpha value is -1.27. The SMILES string of the molecule is CCCN([B]c1ccc(C#N)cc1)CCC. The van der Waals surface area contributed by atoms with Gasteiger partial charge in [-0.1, -0.05) is 31.4 Å². The van der Waals surface area contributed by atoms with E-state index in [2.05, 4.69) is 32.1 Å². The van der Waals surface area contributed by atoms with Gasteiger partial charge in [0, 0.05) is 0 Å². The number of nitriles is 1. The zero-order chi connectivity index (χ0) is 11.8. The maximum absolute atomic E-state index is 8.71. The standard InChI is InChI=1S/C13H18BN2/c1-3-9-16(10-4-2)14-13-7-5-12(11-15)6-8-13/h5-8H,3-4,9-10H2,1-2H3. The predicted molar refractivity (Wildman–Crippen MR) is 68.7 cm³/mol. The molecule has 0 saturated heterocycles. The predicted octanol–water partition coefficient (Wildman–Crippen LogP) is 1.92. The normalized spacial score (nSPS) is 10.1. The molecule has 0 atom stereocenters. The summed E-state index contributed by atoms with van der Waals surface area (Å²) in [6.45, 7) is 6.56. The molecule has 0 fully saturated rings. The van der Waals surface area contributed by atoms with Gasteiger partial charge in [-0.3, -0.25) is 0 Å². The highest BCUT2D eigenvalue weighted by Crippen LogP contribution is 1.96. The minimum Gasteiger partial charge on any atom is -0.342 e. The number of benzene rings is 1. The molecule has 0 aliphatic carbocycles. The van der Waals surface area contributed by atoms with Crippen LogP contribution in [0.2, 0.25) is 0 Å². The first-order valence-electron chi connectivity index (χ1n) is 5.89. The van der Waals surface area contributed by atoms with Gasteiger partial charge >= 0.3 is 0 Å². The average Bonchev–Trinajstić information content (AvgIpc) is 2.31. The third kappa shape index (κ3) is 4.08. The fourth-order valence-electron chi connectivity index (χ4n) is 1.67. The average molecular weight is 213 g/mol. The van der Waals surface area contributed by atoms with Gasteiger partial charge in [0.05, 0.1) is 11.6 Å². The van der Waals surface area contributed by atoms with Crippen molar-refractivity contribution in [2.24, 2.45) is 0 Å². The van der Waals surface area contributed by atoms with Crippen molar-refractivity contribution in [2.45, 2.75) is 26.7 Å². The van der Waals surface area contributed by atoms with Crippen molar-refractivity contribution in [3.05, 3.63) is 29.8 Å². The van der Waals surface area contributed by atoms with E-state index in [0.717, 1.165) is 31.5 Å². The molecule has 2 nitrogen and oxygen atoms in total. The Kier molecular flexibility index (Phi) is 5.67. The third-order valence-corrected chi connectivity index (χ3v) is 2.39. The van der Waals surface area contributed by atoms with E-state index in [0.29, 0.717) is 0 Å². The van der Waals surface area contributed by atoms with Gasteiger partial charge in [-0.05, 0) is 38.1 Å². The monoisotopic (exact) mass is 213 g/mol. The summed E-state index contributed by atoms with van der Waals surface area (Å²) in [5.41, 5.74) is 1.88. The lowest BCUT2D eigenvalue weighted by Gasteiger charge is -2.19. The van der Waals surface area contributed by atoms with Crippen LogP contribution < -0.4 is 5.46 Å². The van der Waals surface area contributed by atoms with Crippen LogP contribution in [0.4, 0.5) is 0 Å². The van der Waals surface area contributed by atoms with E-state index in [1.807, 2.05) is 24.3 Å². The molecule has 0 aromatic heterocycles. The minimum absolute atomic E-state index is 0.717. The summed E-state index contributed by atoms with van der Waals surface area (Å²) >= 11 is 0. The lowest BCUT2D eigenvalue weighted by molar-refractivity contribution is 0.445. The van der Waals surface area contributed by atoms with E-state index in [-0.39, 0.29) is 0 Å². The van der Waals surface area contributed by atoms with Gasteiger partial charge in [-0.2, -0.15) is 5.26 Å². The van der Waals surface area contributed by atoms with Crippen LogP contribution >= 0.6 is 0 Å². The van der Waals surface area contributed by atoms with E-state index in [1.54, 1.807) is 0 Å². The molecule has 1 aromatic carbocycles. The van der Waals surface area contributed by atoms with Crippen molar-refractivity contribution in [3.8, 4) is 6.07 Å². The van der Waals surface area contributed by atoms with E-state index in [9.17, 15) is 0 Å². The summed E-state index contributed by atoms with van der Waals surface area (Å²) < 4.78 is 0. The van der Waals surface area contributed by atoms with Crippen molar-refractivity contribution >= 4 is 12.9 Å². The Labute approximate surface area is 99.1 Å². The Bertz CT molecular complexity index is 334. The molecule has 1 rings (SSSR count). The third-order valence-electron chi connectivity index (χ3n) is 2.39. The van der Waals surface area contributed by atoms with E-state index < -0.39 is 0 Å². The van der Waals surface area contributed by atoms with E-state index >= 15 is 0 Å². The zero-order valence-electron chi connectivity index (χ0n) is 10.1. The number of nitrogens with zero attached hydrogens (tertiary/aromatic N) is 2. The van der Waals surface area contributed by atoms with Crippen LogP contribution in [-0.2, 0) is 0 Å². The molecule has 83 valence electrons. The molecule has 0 spiro atoms. The molecule has 0 aliphatic heterocycles. The summed E-state index contributed by atoms with van der Waals surface area (Å²) in [4.78, 5) is 2.33. The van der Waals surface area contributed by atoms with Crippen molar-refractivity contribution in [1.29, 1.82) is 5.26 Å².